The van der Waals surface area contributed by atoms with Crippen LogP contribution >= 0.6 is 0 Å². The molecule has 0 aromatic rings. The van der Waals surface area contributed by atoms with Crippen molar-refractivity contribution in [3.05, 3.63) is 0 Å². The molecule has 1 atom stereocenters. The van der Waals surface area contributed by atoms with Gasteiger partial charge in [-0.2, -0.15) is 0 Å². The zero-order valence-corrected chi connectivity index (χ0v) is 11.8. The quantitative estimate of drug-likeness (QED) is 0.643. The molecule has 0 bridgehead atoms. The molecule has 0 aromatic heterocycles. The van der Waals surface area contributed by atoms with Gasteiger partial charge in [-0.05, 0) is 44.7 Å². The van der Waals surface area contributed by atoms with Crippen molar-refractivity contribution in [1.82, 2.24) is 10.6 Å². The molecule has 0 aromatic carbocycles. The van der Waals surface area contributed by atoms with Crippen molar-refractivity contribution in [2.75, 3.05) is 26.2 Å². The van der Waals surface area contributed by atoms with E-state index in [0.717, 1.165) is 45.2 Å². The monoisotopic (exact) mass is 256 g/mol. The van der Waals surface area contributed by atoms with Gasteiger partial charge in [0.05, 0.1) is 0 Å². The molecule has 1 heterocycles. The van der Waals surface area contributed by atoms with E-state index in [-0.39, 0.29) is 17.9 Å². The van der Waals surface area contributed by atoms with Crippen molar-refractivity contribution < 1.29 is 9.90 Å². The van der Waals surface area contributed by atoms with E-state index in [1.54, 1.807) is 0 Å². The van der Waals surface area contributed by atoms with E-state index in [1.165, 1.54) is 0 Å². The van der Waals surface area contributed by atoms with Gasteiger partial charge in [0, 0.05) is 18.6 Å². The fourth-order valence-corrected chi connectivity index (χ4v) is 2.60. The zero-order chi connectivity index (χ0) is 13.4. The number of carbonyl (C=O) groups excluding carboxylic acids is 1. The van der Waals surface area contributed by atoms with Gasteiger partial charge in [0.1, 0.15) is 0 Å². The SMILES string of the molecule is CCCC(CCO)CNC(=O)C1(C)CCNCC1. The minimum atomic E-state index is -0.207. The summed E-state index contributed by atoms with van der Waals surface area (Å²) in [6, 6.07) is 0. The standard InChI is InChI=1S/C14H28N2O2/c1-3-4-12(5-10-17)11-16-13(18)14(2)6-8-15-9-7-14/h12,15,17H,3-11H2,1-2H3,(H,16,18). The third kappa shape index (κ3) is 4.58. The molecule has 4 nitrogen and oxygen atoms in total. The van der Waals surface area contributed by atoms with Crippen LogP contribution in [0, 0.1) is 11.3 Å². The van der Waals surface area contributed by atoms with Gasteiger partial charge in [-0.1, -0.05) is 20.3 Å². The number of nitrogens with one attached hydrogen (secondary N) is 2. The molecule has 3 N–H and O–H groups in total. The molecule has 1 rings (SSSR count). The fourth-order valence-electron chi connectivity index (χ4n) is 2.60. The van der Waals surface area contributed by atoms with Crippen LogP contribution in [0.2, 0.25) is 0 Å². The van der Waals surface area contributed by atoms with Crippen LogP contribution in [0.3, 0.4) is 0 Å². The number of aliphatic hydroxyl groups is 1. The number of piperidine rings is 1. The highest BCUT2D eigenvalue weighted by Crippen LogP contribution is 2.28. The van der Waals surface area contributed by atoms with E-state index >= 15 is 0 Å². The van der Waals surface area contributed by atoms with Gasteiger partial charge in [0.2, 0.25) is 5.91 Å². The lowest BCUT2D eigenvalue weighted by Gasteiger charge is -2.33. The van der Waals surface area contributed by atoms with E-state index in [4.69, 9.17) is 5.11 Å². The second kappa shape index (κ2) is 7.74. The summed E-state index contributed by atoms with van der Waals surface area (Å²) in [7, 11) is 0. The van der Waals surface area contributed by atoms with Crippen molar-refractivity contribution in [1.29, 1.82) is 0 Å². The Balaban J connectivity index is 2.38. The van der Waals surface area contributed by atoms with Crippen LogP contribution in [0.5, 0.6) is 0 Å². The zero-order valence-electron chi connectivity index (χ0n) is 11.8. The molecule has 1 saturated heterocycles. The molecule has 1 fully saturated rings. The minimum absolute atomic E-state index is 0.183. The molecule has 1 aliphatic heterocycles. The van der Waals surface area contributed by atoms with Gasteiger partial charge in [0.25, 0.3) is 0 Å². The van der Waals surface area contributed by atoms with E-state index < -0.39 is 0 Å². The molecule has 1 unspecified atom stereocenters. The molecule has 0 saturated carbocycles. The average molecular weight is 256 g/mol. The van der Waals surface area contributed by atoms with E-state index in [0.29, 0.717) is 12.5 Å². The minimum Gasteiger partial charge on any atom is -0.396 e. The highest BCUT2D eigenvalue weighted by atomic mass is 16.3. The lowest BCUT2D eigenvalue weighted by atomic mass is 9.80. The first-order valence-electron chi connectivity index (χ1n) is 7.22. The molecule has 18 heavy (non-hydrogen) atoms. The highest BCUT2D eigenvalue weighted by Gasteiger charge is 2.34. The van der Waals surface area contributed by atoms with Gasteiger partial charge in [-0.25, -0.2) is 0 Å². The summed E-state index contributed by atoms with van der Waals surface area (Å²) >= 11 is 0. The van der Waals surface area contributed by atoms with Gasteiger partial charge in [-0.3, -0.25) is 4.79 Å². The smallest absolute Gasteiger partial charge is 0.226 e. The second-order valence-electron chi connectivity index (χ2n) is 5.69. The van der Waals surface area contributed by atoms with E-state index in [9.17, 15) is 4.79 Å². The number of hydrogen-bond acceptors (Lipinski definition) is 3. The first-order chi connectivity index (χ1) is 8.62. The van der Waals surface area contributed by atoms with Crippen LogP contribution in [0.15, 0.2) is 0 Å². The van der Waals surface area contributed by atoms with Crippen LogP contribution in [0.25, 0.3) is 0 Å². The normalized spacial score (nSPS) is 20.4. The van der Waals surface area contributed by atoms with Gasteiger partial charge < -0.3 is 15.7 Å². The first-order valence-corrected chi connectivity index (χ1v) is 7.22. The number of hydrogen-bond donors (Lipinski definition) is 3. The number of rotatable bonds is 7. The Morgan fingerprint density at radius 1 is 1.39 bits per heavy atom. The van der Waals surface area contributed by atoms with Crippen LogP contribution in [-0.4, -0.2) is 37.3 Å². The third-order valence-electron chi connectivity index (χ3n) is 4.04. The highest BCUT2D eigenvalue weighted by molar-refractivity contribution is 5.82. The maximum absolute atomic E-state index is 12.2. The Morgan fingerprint density at radius 3 is 2.61 bits per heavy atom. The lowest BCUT2D eigenvalue weighted by molar-refractivity contribution is -0.131. The fraction of sp³-hybridized carbons (Fsp3) is 0.929. The molecular weight excluding hydrogens is 228 g/mol. The maximum Gasteiger partial charge on any atom is 0.226 e. The van der Waals surface area contributed by atoms with E-state index in [1.807, 2.05) is 0 Å². The van der Waals surface area contributed by atoms with Crippen LogP contribution in [0.1, 0.15) is 46.0 Å². The third-order valence-corrected chi connectivity index (χ3v) is 4.04. The summed E-state index contributed by atoms with van der Waals surface area (Å²) in [6.07, 6.45) is 4.78. The predicted molar refractivity (Wildman–Crippen MR) is 73.3 cm³/mol. The Kier molecular flexibility index (Phi) is 6.65. The number of aliphatic hydroxyl groups excluding tert-OH is 1. The Hall–Kier alpha value is -0.610. The summed E-state index contributed by atoms with van der Waals surface area (Å²) in [5.41, 5.74) is -0.207. The molecule has 0 radical (unpaired) electrons. The molecule has 1 aliphatic rings. The molecule has 0 spiro atoms. The molecule has 1 amide bonds. The van der Waals surface area contributed by atoms with Crippen molar-refractivity contribution in [3.8, 4) is 0 Å². The number of carbonyl (C=O) groups is 1. The van der Waals surface area contributed by atoms with Crippen LogP contribution < -0.4 is 10.6 Å². The van der Waals surface area contributed by atoms with Crippen LogP contribution in [0.4, 0.5) is 0 Å². The van der Waals surface area contributed by atoms with Crippen molar-refractivity contribution in [3.63, 3.8) is 0 Å². The molecule has 106 valence electrons. The summed E-state index contributed by atoms with van der Waals surface area (Å²) in [4.78, 5) is 12.2. The molecule has 4 heteroatoms. The molecule has 0 aliphatic carbocycles. The second-order valence-corrected chi connectivity index (χ2v) is 5.69. The summed E-state index contributed by atoms with van der Waals surface area (Å²) in [5.74, 6) is 0.595. The van der Waals surface area contributed by atoms with Crippen molar-refractivity contribution in [2.24, 2.45) is 11.3 Å². The largest absolute Gasteiger partial charge is 0.396 e. The van der Waals surface area contributed by atoms with Crippen molar-refractivity contribution in [2.45, 2.75) is 46.0 Å². The van der Waals surface area contributed by atoms with Crippen LogP contribution in [-0.2, 0) is 4.79 Å². The summed E-state index contributed by atoms with van der Waals surface area (Å²) in [6.45, 7) is 6.97. The lowest BCUT2D eigenvalue weighted by Crippen LogP contribution is -2.46. The first kappa shape index (κ1) is 15.4. The number of amides is 1. The Labute approximate surface area is 111 Å². The molecular formula is C14H28N2O2. The summed E-state index contributed by atoms with van der Waals surface area (Å²) < 4.78 is 0. The summed E-state index contributed by atoms with van der Waals surface area (Å²) in [5, 5.41) is 15.4. The van der Waals surface area contributed by atoms with Gasteiger partial charge >= 0.3 is 0 Å². The predicted octanol–water partition coefficient (Wildman–Crippen LogP) is 1.29. The topological polar surface area (TPSA) is 61.4 Å². The maximum atomic E-state index is 12.2. The van der Waals surface area contributed by atoms with Gasteiger partial charge in [-0.15, -0.1) is 0 Å². The van der Waals surface area contributed by atoms with Crippen molar-refractivity contribution >= 4 is 5.91 Å². The van der Waals surface area contributed by atoms with Gasteiger partial charge in [0.15, 0.2) is 0 Å². The Morgan fingerprint density at radius 2 is 2.06 bits per heavy atom. The van der Waals surface area contributed by atoms with E-state index in [2.05, 4.69) is 24.5 Å². The Bertz CT molecular complexity index is 244. The average Bonchev–Trinajstić information content (AvgIpc) is 2.37.